The second-order valence-corrected chi connectivity index (χ2v) is 17.5. The topological polar surface area (TPSA) is 166 Å². The predicted octanol–water partition coefficient (Wildman–Crippen LogP) is 3.67. The van der Waals surface area contributed by atoms with Crippen molar-refractivity contribution in [1.29, 1.82) is 0 Å². The number of hydrogen-bond acceptors (Lipinski definition) is 9. The first-order chi connectivity index (χ1) is 26.6. The fourth-order valence-corrected chi connectivity index (χ4v) is 7.72. The lowest BCUT2D eigenvalue weighted by atomic mass is 9.81. The van der Waals surface area contributed by atoms with Gasteiger partial charge in [0.1, 0.15) is 36.0 Å². The Morgan fingerprint density at radius 2 is 1.53 bits per heavy atom. The van der Waals surface area contributed by atoms with Crippen LogP contribution in [0.5, 0.6) is 5.75 Å². The average molecular weight is 800 g/mol. The molecule has 3 rings (SSSR count). The quantitative estimate of drug-likeness (QED) is 0.423. The third kappa shape index (κ3) is 12.2. The van der Waals surface area contributed by atoms with Crippen LogP contribution in [0.1, 0.15) is 99.5 Å². The van der Waals surface area contributed by atoms with Crippen LogP contribution in [0.3, 0.4) is 0 Å². The summed E-state index contributed by atoms with van der Waals surface area (Å²) in [7, 11) is 6.17. The molecular weight excluding hydrogens is 730 g/mol. The summed E-state index contributed by atoms with van der Waals surface area (Å²) in [5.74, 6) is -3.20. The zero-order chi connectivity index (χ0) is 42.9. The molecule has 0 bridgehead atoms. The number of hydrogen-bond donors (Lipinski definition) is 2. The molecule has 0 unspecified atom stereocenters. The Kier molecular flexibility index (Phi) is 16.9. The normalized spacial score (nSPS) is 29.4. The zero-order valence-corrected chi connectivity index (χ0v) is 36.4. The van der Waals surface area contributed by atoms with E-state index in [1.54, 1.807) is 59.3 Å². The van der Waals surface area contributed by atoms with Gasteiger partial charge in [0.2, 0.25) is 29.5 Å². The molecule has 1 aromatic rings. The van der Waals surface area contributed by atoms with Crippen molar-refractivity contribution in [3.8, 4) is 5.75 Å². The number of benzene rings is 1. The molecule has 320 valence electrons. The van der Waals surface area contributed by atoms with Crippen molar-refractivity contribution in [1.82, 2.24) is 24.9 Å². The van der Waals surface area contributed by atoms with Crippen LogP contribution < -0.4 is 10.1 Å². The molecular formula is C43H69N5O9. The number of ether oxygens (including phenoxy) is 2. The first kappa shape index (κ1) is 47.2. The fraction of sp³-hybridized carbons (Fsp3) is 0.721. The number of aliphatic hydroxyl groups is 1. The van der Waals surface area contributed by atoms with Gasteiger partial charge in [-0.15, -0.1) is 0 Å². The van der Waals surface area contributed by atoms with Gasteiger partial charge in [0, 0.05) is 47.1 Å². The number of amides is 5. The van der Waals surface area contributed by atoms with E-state index in [2.05, 4.69) is 5.32 Å². The molecule has 2 fully saturated rings. The Hall–Kier alpha value is -4.20. The smallest absolute Gasteiger partial charge is 0.329 e. The number of carbonyl (C=O) groups excluding carboxylic acids is 6. The molecule has 57 heavy (non-hydrogen) atoms. The molecule has 0 spiro atoms. The second kappa shape index (κ2) is 20.5. The highest BCUT2D eigenvalue weighted by molar-refractivity contribution is 5.95. The summed E-state index contributed by atoms with van der Waals surface area (Å²) < 4.78 is 11.5. The fourth-order valence-electron chi connectivity index (χ4n) is 7.72. The summed E-state index contributed by atoms with van der Waals surface area (Å²) in [5, 5.41) is 14.0. The Labute approximate surface area is 340 Å². The summed E-state index contributed by atoms with van der Waals surface area (Å²) >= 11 is 0. The van der Waals surface area contributed by atoms with Crippen molar-refractivity contribution in [3.05, 3.63) is 29.8 Å². The number of methoxy groups -OCH3 is 1. The number of carbonyl (C=O) groups is 6. The summed E-state index contributed by atoms with van der Waals surface area (Å²) in [6.45, 7) is 15.3. The first-order valence-corrected chi connectivity index (χ1v) is 20.5. The van der Waals surface area contributed by atoms with Gasteiger partial charge in [-0.3, -0.25) is 24.0 Å². The van der Waals surface area contributed by atoms with Crippen molar-refractivity contribution in [2.24, 2.45) is 23.2 Å². The third-order valence-electron chi connectivity index (χ3n) is 12.0. The molecule has 1 aromatic carbocycles. The van der Waals surface area contributed by atoms with Crippen LogP contribution in [0, 0.1) is 23.2 Å². The summed E-state index contributed by atoms with van der Waals surface area (Å²) in [5.41, 5.74) is 0.278. The minimum atomic E-state index is -1.06. The van der Waals surface area contributed by atoms with Gasteiger partial charge in [0.05, 0.1) is 19.1 Å². The molecule has 0 aromatic heterocycles. The lowest BCUT2D eigenvalue weighted by molar-refractivity contribution is -0.166. The van der Waals surface area contributed by atoms with Gasteiger partial charge in [-0.05, 0) is 67.6 Å². The average Bonchev–Trinajstić information content (AvgIpc) is 3.67. The van der Waals surface area contributed by atoms with Crippen LogP contribution in [0.15, 0.2) is 24.3 Å². The van der Waals surface area contributed by atoms with Crippen LogP contribution in [-0.2, 0) is 39.9 Å². The lowest BCUT2D eigenvalue weighted by Crippen LogP contribution is -2.59. The molecule has 2 aliphatic heterocycles. The van der Waals surface area contributed by atoms with Crippen molar-refractivity contribution < 1.29 is 43.3 Å². The maximum atomic E-state index is 14.5. The minimum absolute atomic E-state index is 0.0432. The van der Waals surface area contributed by atoms with Gasteiger partial charge in [-0.1, -0.05) is 67.0 Å². The highest BCUT2D eigenvalue weighted by Crippen LogP contribution is 2.32. The van der Waals surface area contributed by atoms with Crippen LogP contribution in [0.25, 0.3) is 0 Å². The molecule has 5 amide bonds. The molecule has 14 nitrogen and oxygen atoms in total. The number of fused-ring (bicyclic) bond motifs is 1. The number of aliphatic hydroxyl groups excluding tert-OH is 1. The van der Waals surface area contributed by atoms with Crippen LogP contribution in [0.4, 0.5) is 0 Å². The maximum Gasteiger partial charge on any atom is 0.329 e. The van der Waals surface area contributed by atoms with Gasteiger partial charge < -0.3 is 39.5 Å². The number of nitrogens with zero attached hydrogens (tertiary/aromatic N) is 4. The van der Waals surface area contributed by atoms with Gasteiger partial charge in [-0.2, -0.15) is 0 Å². The number of esters is 1. The van der Waals surface area contributed by atoms with E-state index < -0.39 is 71.4 Å². The van der Waals surface area contributed by atoms with E-state index in [0.717, 1.165) is 5.56 Å². The SMILES string of the molecule is CC[C@H](C)[C@H]1C(=O)N2CCC[C@H]2C(=O)O[C@H](C(C)(C)C)C[C@@H](C)C[C@H](O)[C@H](C)C(=O)N(C)CCC(=O)N[C@@H](Cc2ccc(OC)cc2)C(=O)N(C)[C@@H](C)C(=O)N1C. The van der Waals surface area contributed by atoms with Gasteiger partial charge in [-0.25, -0.2) is 4.79 Å². The first-order valence-electron chi connectivity index (χ1n) is 20.5. The molecule has 14 heteroatoms. The molecule has 2 N–H and O–H groups in total. The van der Waals surface area contributed by atoms with E-state index in [4.69, 9.17) is 9.47 Å². The highest BCUT2D eigenvalue weighted by Gasteiger charge is 2.44. The summed E-state index contributed by atoms with van der Waals surface area (Å²) in [6.07, 6.45) is 0.763. The monoisotopic (exact) mass is 800 g/mol. The van der Waals surface area contributed by atoms with Crippen molar-refractivity contribution in [2.45, 2.75) is 137 Å². The minimum Gasteiger partial charge on any atom is -0.497 e. The van der Waals surface area contributed by atoms with Crippen LogP contribution in [-0.4, -0.2) is 138 Å². The molecule has 2 heterocycles. The van der Waals surface area contributed by atoms with E-state index in [1.807, 2.05) is 41.5 Å². The number of nitrogens with one attached hydrogen (secondary N) is 1. The molecule has 0 saturated carbocycles. The van der Waals surface area contributed by atoms with Crippen molar-refractivity contribution in [3.63, 3.8) is 0 Å². The Bertz CT molecular complexity index is 1560. The van der Waals surface area contributed by atoms with E-state index in [-0.39, 0.29) is 49.5 Å². The lowest BCUT2D eigenvalue weighted by Gasteiger charge is -2.39. The van der Waals surface area contributed by atoms with Crippen LogP contribution in [0.2, 0.25) is 0 Å². The van der Waals surface area contributed by atoms with Gasteiger partial charge >= 0.3 is 5.97 Å². The van der Waals surface area contributed by atoms with Gasteiger partial charge in [0.15, 0.2) is 0 Å². The van der Waals surface area contributed by atoms with Crippen LogP contribution >= 0.6 is 0 Å². The molecule has 2 aliphatic rings. The van der Waals surface area contributed by atoms with E-state index >= 15 is 0 Å². The molecule has 0 aliphatic carbocycles. The van der Waals surface area contributed by atoms with E-state index in [0.29, 0.717) is 38.0 Å². The maximum absolute atomic E-state index is 14.5. The molecule has 0 radical (unpaired) electrons. The second-order valence-electron chi connectivity index (χ2n) is 17.5. The predicted molar refractivity (Wildman–Crippen MR) is 217 cm³/mol. The zero-order valence-electron chi connectivity index (χ0n) is 36.4. The van der Waals surface area contributed by atoms with Crippen molar-refractivity contribution in [2.75, 3.05) is 41.3 Å². The third-order valence-corrected chi connectivity index (χ3v) is 12.0. The highest BCUT2D eigenvalue weighted by atomic mass is 16.5. The van der Waals surface area contributed by atoms with E-state index in [1.165, 1.54) is 26.6 Å². The molecule has 2 saturated heterocycles. The Balaban J connectivity index is 2.04. The Morgan fingerprint density at radius 1 is 0.895 bits per heavy atom. The molecule has 9 atom stereocenters. The summed E-state index contributed by atoms with van der Waals surface area (Å²) in [6, 6.07) is 3.26. The number of likely N-dealkylation sites (N-methyl/N-ethyl adjacent to an activating group) is 2. The summed E-state index contributed by atoms with van der Waals surface area (Å²) in [4.78, 5) is 89.5. The largest absolute Gasteiger partial charge is 0.497 e. The van der Waals surface area contributed by atoms with E-state index in [9.17, 15) is 33.9 Å². The Morgan fingerprint density at radius 3 is 2.11 bits per heavy atom. The number of cyclic esters (lactones) is 1. The number of rotatable bonds is 5. The van der Waals surface area contributed by atoms with Crippen molar-refractivity contribution >= 4 is 35.5 Å². The van der Waals surface area contributed by atoms with Gasteiger partial charge in [0.25, 0.3) is 0 Å². The standard InChI is InChI=1S/C43H69N5O9/c1-13-27(3)37-41(54)48-21-14-15-33(48)42(55)57-35(43(6,7)8)24-26(2)23-34(49)28(4)38(51)45(9)22-20-36(50)44-32(25-30-16-18-31(56-12)19-17-30)40(53)46(10)29(5)39(52)47(37)11/h16-19,26-29,32-35,37,49H,13-15,20-25H2,1-12H3,(H,44,50)/t26-,27-,28-,29-,32-,33-,34-,35-,37-/m0/s1.